The van der Waals surface area contributed by atoms with Gasteiger partial charge in [-0.05, 0) is 25.2 Å². The van der Waals surface area contributed by atoms with Crippen molar-refractivity contribution in [3.63, 3.8) is 0 Å². The first-order chi connectivity index (χ1) is 8.20. The first kappa shape index (κ1) is 13.2. The quantitative estimate of drug-likeness (QED) is 0.763. The van der Waals surface area contributed by atoms with Crippen LogP contribution < -0.4 is 0 Å². The van der Waals surface area contributed by atoms with Crippen LogP contribution in [0.1, 0.15) is 45.1 Å². The van der Waals surface area contributed by atoms with Crippen LogP contribution in [0.15, 0.2) is 11.4 Å². The van der Waals surface area contributed by atoms with Gasteiger partial charge in [0.1, 0.15) is 16.5 Å². The number of aromatic nitrogens is 2. The fourth-order valence-corrected chi connectivity index (χ4v) is 4.26. The largest absolute Gasteiger partial charge is 0.230 e. The summed E-state index contributed by atoms with van der Waals surface area (Å²) < 4.78 is 0. The molecule has 1 aromatic heterocycles. The fourth-order valence-electron chi connectivity index (χ4n) is 2.42. The lowest BCUT2D eigenvalue weighted by atomic mass is 9.91. The summed E-state index contributed by atoms with van der Waals surface area (Å²) in [5.41, 5.74) is 1.11. The third-order valence-electron chi connectivity index (χ3n) is 3.37. The summed E-state index contributed by atoms with van der Waals surface area (Å²) in [6.45, 7) is 4.46. The molecule has 0 saturated heterocycles. The Morgan fingerprint density at radius 2 is 2.24 bits per heavy atom. The second-order valence-electron chi connectivity index (χ2n) is 4.81. The summed E-state index contributed by atoms with van der Waals surface area (Å²) in [5.74, 6) is 0.851. The van der Waals surface area contributed by atoms with Crippen LogP contribution in [0.25, 0.3) is 0 Å². The molecule has 1 fully saturated rings. The van der Waals surface area contributed by atoms with Crippen molar-refractivity contribution in [2.75, 3.05) is 0 Å². The molecule has 1 aliphatic carbocycles. The highest BCUT2D eigenvalue weighted by Gasteiger charge is 2.21. The van der Waals surface area contributed by atoms with Crippen molar-refractivity contribution in [3.8, 4) is 0 Å². The molecule has 1 aliphatic rings. The molecule has 2 unspecified atom stereocenters. The molecule has 0 radical (unpaired) electrons. The number of thioether (sulfide) groups is 1. The summed E-state index contributed by atoms with van der Waals surface area (Å²) in [6.07, 6.45) is 7.82. The Kier molecular flexibility index (Phi) is 4.69. The van der Waals surface area contributed by atoms with E-state index < -0.39 is 0 Å². The van der Waals surface area contributed by atoms with Crippen LogP contribution in [0.4, 0.5) is 0 Å². The van der Waals surface area contributed by atoms with Crippen LogP contribution in [-0.4, -0.2) is 15.2 Å². The van der Waals surface area contributed by atoms with Gasteiger partial charge in [0.2, 0.25) is 0 Å². The average Bonchev–Trinajstić information content (AvgIpc) is 2.29. The SMILES string of the molecule is CCc1c(Cl)ncnc1SC1CCCC(C)C1. The Morgan fingerprint density at radius 3 is 2.94 bits per heavy atom. The van der Waals surface area contributed by atoms with Gasteiger partial charge in [-0.1, -0.05) is 38.3 Å². The second kappa shape index (κ2) is 6.05. The third kappa shape index (κ3) is 3.35. The van der Waals surface area contributed by atoms with Crippen LogP contribution in [0.5, 0.6) is 0 Å². The highest BCUT2D eigenvalue weighted by Crippen LogP contribution is 2.37. The Labute approximate surface area is 113 Å². The van der Waals surface area contributed by atoms with Gasteiger partial charge in [0, 0.05) is 10.8 Å². The summed E-state index contributed by atoms with van der Waals surface area (Å²) in [7, 11) is 0. The Hall–Kier alpha value is -0.280. The maximum absolute atomic E-state index is 6.11. The zero-order valence-electron chi connectivity index (χ0n) is 10.4. The molecule has 0 amide bonds. The molecule has 4 heteroatoms. The number of nitrogens with zero attached hydrogens (tertiary/aromatic N) is 2. The molecule has 1 aromatic rings. The van der Waals surface area contributed by atoms with Gasteiger partial charge in [-0.15, -0.1) is 11.8 Å². The molecule has 0 aliphatic heterocycles. The van der Waals surface area contributed by atoms with Gasteiger partial charge in [0.25, 0.3) is 0 Å². The maximum Gasteiger partial charge on any atom is 0.136 e. The average molecular weight is 271 g/mol. The lowest BCUT2D eigenvalue weighted by molar-refractivity contribution is 0.394. The van der Waals surface area contributed by atoms with Crippen molar-refractivity contribution in [1.82, 2.24) is 9.97 Å². The van der Waals surface area contributed by atoms with E-state index in [2.05, 4.69) is 23.8 Å². The maximum atomic E-state index is 6.11. The van der Waals surface area contributed by atoms with E-state index in [1.807, 2.05) is 11.8 Å². The normalized spacial score (nSPS) is 24.9. The second-order valence-corrected chi connectivity index (χ2v) is 6.46. The van der Waals surface area contributed by atoms with Gasteiger partial charge in [0.15, 0.2) is 0 Å². The molecule has 1 saturated carbocycles. The molecule has 0 spiro atoms. The molecule has 0 aromatic carbocycles. The third-order valence-corrected chi connectivity index (χ3v) is 5.04. The summed E-state index contributed by atoms with van der Waals surface area (Å²) >= 11 is 8.01. The highest BCUT2D eigenvalue weighted by molar-refractivity contribution is 7.99. The van der Waals surface area contributed by atoms with E-state index in [0.29, 0.717) is 10.4 Å². The van der Waals surface area contributed by atoms with Crippen molar-refractivity contribution in [1.29, 1.82) is 0 Å². The van der Waals surface area contributed by atoms with Gasteiger partial charge in [-0.2, -0.15) is 0 Å². The van der Waals surface area contributed by atoms with E-state index in [1.165, 1.54) is 25.7 Å². The van der Waals surface area contributed by atoms with Crippen LogP contribution in [0.3, 0.4) is 0 Å². The molecule has 2 atom stereocenters. The Morgan fingerprint density at radius 1 is 1.41 bits per heavy atom. The molecule has 1 heterocycles. The molecular formula is C13H19ClN2S. The van der Waals surface area contributed by atoms with Gasteiger partial charge < -0.3 is 0 Å². The highest BCUT2D eigenvalue weighted by atomic mass is 35.5. The first-order valence-corrected chi connectivity index (χ1v) is 7.62. The van der Waals surface area contributed by atoms with Crippen molar-refractivity contribution in [2.45, 2.75) is 56.2 Å². The lowest BCUT2D eigenvalue weighted by Crippen LogP contribution is -2.15. The summed E-state index contributed by atoms with van der Waals surface area (Å²) in [4.78, 5) is 8.46. The van der Waals surface area contributed by atoms with Gasteiger partial charge >= 0.3 is 0 Å². The summed E-state index contributed by atoms with van der Waals surface area (Å²) in [6, 6.07) is 0. The van der Waals surface area contributed by atoms with E-state index >= 15 is 0 Å². The minimum absolute atomic E-state index is 0.619. The van der Waals surface area contributed by atoms with Crippen molar-refractivity contribution >= 4 is 23.4 Å². The van der Waals surface area contributed by atoms with Crippen molar-refractivity contribution in [3.05, 3.63) is 17.0 Å². The molecule has 2 rings (SSSR count). The molecule has 2 nitrogen and oxygen atoms in total. The van der Waals surface area contributed by atoms with Crippen LogP contribution in [0.2, 0.25) is 5.15 Å². The predicted octanol–water partition coefficient (Wildman–Crippen LogP) is 4.36. The number of hydrogen-bond acceptors (Lipinski definition) is 3. The molecular weight excluding hydrogens is 252 g/mol. The molecule has 0 N–H and O–H groups in total. The summed E-state index contributed by atoms with van der Waals surface area (Å²) in [5, 5.41) is 2.41. The van der Waals surface area contributed by atoms with Crippen LogP contribution in [0, 0.1) is 5.92 Å². The minimum atomic E-state index is 0.619. The standard InChI is InChI=1S/C13H19ClN2S/c1-3-11-12(14)15-8-16-13(11)17-10-6-4-5-9(2)7-10/h8-10H,3-7H2,1-2H3. The van der Waals surface area contributed by atoms with Crippen molar-refractivity contribution in [2.24, 2.45) is 5.92 Å². The topological polar surface area (TPSA) is 25.8 Å². The fraction of sp³-hybridized carbons (Fsp3) is 0.692. The van der Waals surface area contributed by atoms with Crippen LogP contribution >= 0.6 is 23.4 Å². The molecule has 0 bridgehead atoms. The van der Waals surface area contributed by atoms with Crippen LogP contribution in [-0.2, 0) is 6.42 Å². The number of halogens is 1. The molecule has 94 valence electrons. The van der Waals surface area contributed by atoms with E-state index in [1.54, 1.807) is 6.33 Å². The minimum Gasteiger partial charge on any atom is -0.230 e. The zero-order chi connectivity index (χ0) is 12.3. The van der Waals surface area contributed by atoms with E-state index in [4.69, 9.17) is 11.6 Å². The van der Waals surface area contributed by atoms with Gasteiger partial charge in [-0.3, -0.25) is 0 Å². The Bertz CT molecular complexity index is 384. The van der Waals surface area contributed by atoms with Crippen molar-refractivity contribution < 1.29 is 0 Å². The monoisotopic (exact) mass is 270 g/mol. The van der Waals surface area contributed by atoms with E-state index in [-0.39, 0.29) is 0 Å². The number of hydrogen-bond donors (Lipinski definition) is 0. The number of rotatable bonds is 3. The van der Waals surface area contributed by atoms with Gasteiger partial charge in [0.05, 0.1) is 0 Å². The van der Waals surface area contributed by atoms with E-state index in [9.17, 15) is 0 Å². The van der Waals surface area contributed by atoms with E-state index in [0.717, 1.165) is 22.9 Å². The first-order valence-electron chi connectivity index (χ1n) is 6.36. The molecule has 17 heavy (non-hydrogen) atoms. The lowest BCUT2D eigenvalue weighted by Gasteiger charge is -2.26. The van der Waals surface area contributed by atoms with Gasteiger partial charge in [-0.25, -0.2) is 9.97 Å². The smallest absolute Gasteiger partial charge is 0.136 e. The predicted molar refractivity (Wildman–Crippen MR) is 73.7 cm³/mol. The Balaban J connectivity index is 2.10. The zero-order valence-corrected chi connectivity index (χ0v) is 12.0.